The van der Waals surface area contributed by atoms with Gasteiger partial charge in [0.15, 0.2) is 0 Å². The number of nitrogens with zero attached hydrogens (tertiary/aromatic N) is 2. The molecule has 0 saturated carbocycles. The Bertz CT molecular complexity index is 598. The van der Waals surface area contributed by atoms with Gasteiger partial charge in [-0.1, -0.05) is 17.7 Å². The fourth-order valence-electron chi connectivity index (χ4n) is 2.80. The number of hydrogen-bond acceptors (Lipinski definition) is 3. The van der Waals surface area contributed by atoms with Crippen LogP contribution < -0.4 is 5.32 Å². The third kappa shape index (κ3) is 3.54. The molecule has 1 aromatic carbocycles. The van der Waals surface area contributed by atoms with E-state index in [2.05, 4.69) is 15.3 Å². The van der Waals surface area contributed by atoms with Crippen molar-refractivity contribution in [3.63, 3.8) is 0 Å². The summed E-state index contributed by atoms with van der Waals surface area (Å²) in [5.41, 5.74) is 1.96. The number of carbonyl (C=O) groups is 1. The van der Waals surface area contributed by atoms with Crippen LogP contribution in [0.25, 0.3) is 0 Å². The van der Waals surface area contributed by atoms with E-state index in [1.54, 1.807) is 6.20 Å². The lowest BCUT2D eigenvalue weighted by Gasteiger charge is -2.32. The summed E-state index contributed by atoms with van der Waals surface area (Å²) in [6.45, 7) is 4.40. The number of imidazole rings is 1. The minimum absolute atomic E-state index is 0.143. The first-order valence-electron chi connectivity index (χ1n) is 7.80. The molecule has 1 aromatic heterocycles. The van der Waals surface area contributed by atoms with Crippen LogP contribution >= 0.6 is 0 Å². The molecule has 5 nitrogen and oxygen atoms in total. The van der Waals surface area contributed by atoms with Crippen LogP contribution in [-0.2, 0) is 6.54 Å². The molecule has 2 N–H and O–H groups in total. The van der Waals surface area contributed by atoms with E-state index < -0.39 is 0 Å². The van der Waals surface area contributed by atoms with E-state index in [0.717, 1.165) is 43.9 Å². The molecule has 2 heterocycles. The van der Waals surface area contributed by atoms with Gasteiger partial charge >= 0.3 is 0 Å². The molecule has 3 rings (SSSR count). The quantitative estimate of drug-likeness (QED) is 0.909. The number of aryl methyl sites for hydroxylation is 1. The number of carbonyl (C=O) groups excluding carboxylic acids is 1. The first kappa shape index (κ1) is 14.8. The number of nitrogens with one attached hydrogen (secondary N) is 2. The number of aromatic nitrogens is 2. The Kier molecular flexibility index (Phi) is 4.53. The van der Waals surface area contributed by atoms with Crippen LogP contribution in [0.2, 0.25) is 0 Å². The Labute approximate surface area is 130 Å². The molecule has 0 aliphatic carbocycles. The maximum Gasteiger partial charge on any atom is 0.253 e. The van der Waals surface area contributed by atoms with Crippen molar-refractivity contribution >= 4 is 5.91 Å². The highest BCUT2D eigenvalue weighted by atomic mass is 16.2. The molecule has 0 spiro atoms. The van der Waals surface area contributed by atoms with Gasteiger partial charge in [-0.05, 0) is 31.9 Å². The Morgan fingerprint density at radius 2 is 2.05 bits per heavy atom. The van der Waals surface area contributed by atoms with Gasteiger partial charge < -0.3 is 15.2 Å². The van der Waals surface area contributed by atoms with Gasteiger partial charge in [0.2, 0.25) is 0 Å². The number of benzene rings is 1. The maximum absolute atomic E-state index is 12.5. The van der Waals surface area contributed by atoms with Crippen molar-refractivity contribution in [2.24, 2.45) is 0 Å². The molecule has 0 radical (unpaired) electrons. The Hall–Kier alpha value is -2.14. The molecule has 0 unspecified atom stereocenters. The topological polar surface area (TPSA) is 61.0 Å². The summed E-state index contributed by atoms with van der Waals surface area (Å²) >= 11 is 0. The number of piperidine rings is 1. The smallest absolute Gasteiger partial charge is 0.253 e. The highest BCUT2D eigenvalue weighted by Gasteiger charge is 2.23. The summed E-state index contributed by atoms with van der Waals surface area (Å²) in [6.07, 6.45) is 5.57. The molecular formula is C17H22N4O. The van der Waals surface area contributed by atoms with Crippen LogP contribution in [0.1, 0.15) is 34.6 Å². The second-order valence-electron chi connectivity index (χ2n) is 5.85. The number of aromatic amines is 1. The van der Waals surface area contributed by atoms with E-state index in [4.69, 9.17) is 0 Å². The minimum atomic E-state index is 0.143. The fourth-order valence-corrected chi connectivity index (χ4v) is 2.80. The number of H-pyrrole nitrogens is 1. The summed E-state index contributed by atoms with van der Waals surface area (Å²) in [6, 6.07) is 8.26. The molecule has 1 amide bonds. The summed E-state index contributed by atoms with van der Waals surface area (Å²) in [7, 11) is 0. The van der Waals surface area contributed by atoms with E-state index in [9.17, 15) is 4.79 Å². The fraction of sp³-hybridized carbons (Fsp3) is 0.412. The lowest BCUT2D eigenvalue weighted by Crippen LogP contribution is -2.44. The summed E-state index contributed by atoms with van der Waals surface area (Å²) in [5.74, 6) is 1.10. The van der Waals surface area contributed by atoms with E-state index in [0.29, 0.717) is 6.04 Å². The summed E-state index contributed by atoms with van der Waals surface area (Å²) < 4.78 is 0. The zero-order valence-electron chi connectivity index (χ0n) is 12.9. The molecule has 1 aliphatic rings. The van der Waals surface area contributed by atoms with Crippen LogP contribution in [0.5, 0.6) is 0 Å². The number of hydrogen-bond donors (Lipinski definition) is 2. The highest BCUT2D eigenvalue weighted by Crippen LogP contribution is 2.15. The van der Waals surface area contributed by atoms with Crippen LogP contribution in [0, 0.1) is 6.92 Å². The van der Waals surface area contributed by atoms with Gasteiger partial charge in [-0.25, -0.2) is 4.98 Å². The van der Waals surface area contributed by atoms with Gasteiger partial charge in [-0.3, -0.25) is 4.79 Å². The van der Waals surface area contributed by atoms with E-state index in [-0.39, 0.29) is 5.91 Å². The van der Waals surface area contributed by atoms with Crippen LogP contribution in [0.4, 0.5) is 0 Å². The largest absolute Gasteiger partial charge is 0.348 e. The van der Waals surface area contributed by atoms with Crippen molar-refractivity contribution < 1.29 is 4.79 Å². The third-order valence-corrected chi connectivity index (χ3v) is 4.19. The summed E-state index contributed by atoms with van der Waals surface area (Å²) in [5, 5.41) is 3.50. The van der Waals surface area contributed by atoms with E-state index in [1.165, 1.54) is 5.56 Å². The van der Waals surface area contributed by atoms with Crippen LogP contribution in [-0.4, -0.2) is 39.9 Å². The van der Waals surface area contributed by atoms with Gasteiger partial charge in [0, 0.05) is 37.1 Å². The third-order valence-electron chi connectivity index (χ3n) is 4.19. The Morgan fingerprint density at radius 1 is 1.32 bits per heavy atom. The SMILES string of the molecule is Cc1ccc(C(=O)N2CCC(NCc3ncc[nH]3)CC2)cc1. The predicted molar refractivity (Wildman–Crippen MR) is 85.5 cm³/mol. The molecule has 22 heavy (non-hydrogen) atoms. The zero-order chi connectivity index (χ0) is 15.4. The Balaban J connectivity index is 1.48. The normalized spacial score (nSPS) is 16.0. The standard InChI is InChI=1S/C17H22N4O/c1-13-2-4-14(5-3-13)17(22)21-10-6-15(7-11-21)20-12-16-18-8-9-19-16/h2-5,8-9,15,20H,6-7,10-12H2,1H3,(H,18,19). The Morgan fingerprint density at radius 3 is 2.68 bits per heavy atom. The average molecular weight is 298 g/mol. The van der Waals surface area contributed by atoms with Crippen molar-refractivity contribution in [1.82, 2.24) is 20.2 Å². The van der Waals surface area contributed by atoms with Crippen molar-refractivity contribution in [3.8, 4) is 0 Å². The maximum atomic E-state index is 12.5. The van der Waals surface area contributed by atoms with Gasteiger partial charge in [0.25, 0.3) is 5.91 Å². The number of likely N-dealkylation sites (tertiary alicyclic amines) is 1. The first-order chi connectivity index (χ1) is 10.7. The van der Waals surface area contributed by atoms with Crippen molar-refractivity contribution in [2.45, 2.75) is 32.4 Å². The molecule has 116 valence electrons. The van der Waals surface area contributed by atoms with Gasteiger partial charge in [0.05, 0.1) is 6.54 Å². The second kappa shape index (κ2) is 6.75. The molecule has 1 aliphatic heterocycles. The zero-order valence-corrected chi connectivity index (χ0v) is 12.9. The van der Waals surface area contributed by atoms with Crippen molar-refractivity contribution in [1.29, 1.82) is 0 Å². The van der Waals surface area contributed by atoms with Gasteiger partial charge in [0.1, 0.15) is 5.82 Å². The average Bonchev–Trinajstić information content (AvgIpc) is 3.07. The predicted octanol–water partition coefficient (Wildman–Crippen LogP) is 2.11. The van der Waals surface area contributed by atoms with Crippen molar-refractivity contribution in [3.05, 3.63) is 53.6 Å². The van der Waals surface area contributed by atoms with Gasteiger partial charge in [-0.2, -0.15) is 0 Å². The number of rotatable bonds is 4. The monoisotopic (exact) mass is 298 g/mol. The minimum Gasteiger partial charge on any atom is -0.348 e. The van der Waals surface area contributed by atoms with Gasteiger partial charge in [-0.15, -0.1) is 0 Å². The molecule has 0 bridgehead atoms. The molecule has 2 aromatic rings. The summed E-state index contributed by atoms with van der Waals surface area (Å²) in [4.78, 5) is 21.7. The lowest BCUT2D eigenvalue weighted by atomic mass is 10.0. The van der Waals surface area contributed by atoms with E-state index >= 15 is 0 Å². The van der Waals surface area contributed by atoms with E-state index in [1.807, 2.05) is 42.3 Å². The molecular weight excluding hydrogens is 276 g/mol. The number of amides is 1. The van der Waals surface area contributed by atoms with Crippen molar-refractivity contribution in [2.75, 3.05) is 13.1 Å². The second-order valence-corrected chi connectivity index (χ2v) is 5.85. The van der Waals surface area contributed by atoms with Crippen LogP contribution in [0.3, 0.4) is 0 Å². The lowest BCUT2D eigenvalue weighted by molar-refractivity contribution is 0.0704. The highest BCUT2D eigenvalue weighted by molar-refractivity contribution is 5.94. The van der Waals surface area contributed by atoms with Crippen LogP contribution in [0.15, 0.2) is 36.7 Å². The first-order valence-corrected chi connectivity index (χ1v) is 7.80. The molecule has 1 saturated heterocycles. The molecule has 0 atom stereocenters. The molecule has 1 fully saturated rings. The molecule has 5 heteroatoms.